The maximum absolute atomic E-state index is 12.6. The molecular formula is C15H18N4O3. The Balaban J connectivity index is 2.41. The highest BCUT2D eigenvalue weighted by atomic mass is 16.4. The highest BCUT2D eigenvalue weighted by molar-refractivity contribution is 5.92. The third-order valence-corrected chi connectivity index (χ3v) is 4.23. The first-order chi connectivity index (χ1) is 10.5. The molecule has 3 rings (SSSR count). The first kappa shape index (κ1) is 14.5. The van der Waals surface area contributed by atoms with E-state index in [4.69, 9.17) is 0 Å². The Bertz CT molecular complexity index is 807. The van der Waals surface area contributed by atoms with E-state index in [2.05, 4.69) is 15.3 Å². The molecule has 0 spiro atoms. The molecule has 0 bridgehead atoms. The standard InChI is InChI=1S/C15H18N4O3/c1-8-10-7-11(14(21)22)13(20)19(9-5-3-4-6-9)12(10)18-15(16-2)17-8/h7,9H,3-6H2,1-2H3,(H,21,22)(H,16,17,18). The molecule has 2 aromatic rings. The van der Waals surface area contributed by atoms with Gasteiger partial charge in [0, 0.05) is 18.5 Å². The number of aromatic nitrogens is 3. The van der Waals surface area contributed by atoms with Crippen molar-refractivity contribution in [2.24, 2.45) is 0 Å². The number of anilines is 1. The number of aromatic carboxylic acids is 1. The lowest BCUT2D eigenvalue weighted by Gasteiger charge is -2.18. The lowest BCUT2D eigenvalue weighted by Crippen LogP contribution is -2.30. The monoisotopic (exact) mass is 302 g/mol. The van der Waals surface area contributed by atoms with Crippen molar-refractivity contribution >= 4 is 23.0 Å². The van der Waals surface area contributed by atoms with Crippen LogP contribution in [0, 0.1) is 6.92 Å². The molecule has 2 aromatic heterocycles. The summed E-state index contributed by atoms with van der Waals surface area (Å²) in [6.45, 7) is 1.79. The summed E-state index contributed by atoms with van der Waals surface area (Å²) in [5, 5.41) is 12.8. The van der Waals surface area contributed by atoms with Crippen LogP contribution in [0.25, 0.3) is 11.0 Å². The zero-order chi connectivity index (χ0) is 15.9. The predicted molar refractivity (Wildman–Crippen MR) is 82.5 cm³/mol. The maximum Gasteiger partial charge on any atom is 0.341 e. The van der Waals surface area contributed by atoms with Crippen LogP contribution < -0.4 is 10.9 Å². The van der Waals surface area contributed by atoms with Crippen LogP contribution in [0.5, 0.6) is 0 Å². The summed E-state index contributed by atoms with van der Waals surface area (Å²) in [4.78, 5) is 32.7. The molecule has 0 aromatic carbocycles. The van der Waals surface area contributed by atoms with Crippen molar-refractivity contribution in [1.29, 1.82) is 0 Å². The van der Waals surface area contributed by atoms with Crippen molar-refractivity contribution in [3.05, 3.63) is 27.7 Å². The molecule has 116 valence electrons. The molecule has 7 nitrogen and oxygen atoms in total. The van der Waals surface area contributed by atoms with E-state index in [0.29, 0.717) is 22.7 Å². The minimum atomic E-state index is -1.21. The van der Waals surface area contributed by atoms with Gasteiger partial charge in [-0.25, -0.2) is 9.78 Å². The molecule has 2 heterocycles. The van der Waals surface area contributed by atoms with Gasteiger partial charge in [0.2, 0.25) is 5.95 Å². The van der Waals surface area contributed by atoms with Crippen molar-refractivity contribution in [1.82, 2.24) is 14.5 Å². The largest absolute Gasteiger partial charge is 0.477 e. The Kier molecular flexibility index (Phi) is 3.56. The van der Waals surface area contributed by atoms with Crippen molar-refractivity contribution in [3.63, 3.8) is 0 Å². The molecule has 0 amide bonds. The summed E-state index contributed by atoms with van der Waals surface area (Å²) < 4.78 is 1.56. The van der Waals surface area contributed by atoms with E-state index in [1.807, 2.05) is 0 Å². The number of nitrogens with one attached hydrogen (secondary N) is 1. The number of aryl methyl sites for hydroxylation is 1. The molecule has 1 saturated carbocycles. The average molecular weight is 302 g/mol. The molecule has 0 saturated heterocycles. The number of carboxylic acids is 1. The van der Waals surface area contributed by atoms with Gasteiger partial charge in [0.05, 0.1) is 5.69 Å². The van der Waals surface area contributed by atoms with Crippen LogP contribution in [0.2, 0.25) is 0 Å². The highest BCUT2D eigenvalue weighted by Gasteiger charge is 2.25. The van der Waals surface area contributed by atoms with Gasteiger partial charge in [-0.05, 0) is 25.8 Å². The molecule has 2 N–H and O–H groups in total. The zero-order valence-electron chi connectivity index (χ0n) is 12.6. The normalized spacial score (nSPS) is 15.4. The molecule has 0 unspecified atom stereocenters. The van der Waals surface area contributed by atoms with Crippen molar-refractivity contribution in [2.45, 2.75) is 38.6 Å². The zero-order valence-corrected chi connectivity index (χ0v) is 12.6. The molecule has 1 aliphatic rings. The summed E-state index contributed by atoms with van der Waals surface area (Å²) in [5.74, 6) is -0.782. The second-order valence-corrected chi connectivity index (χ2v) is 5.60. The Labute approximate surface area is 127 Å². The van der Waals surface area contributed by atoms with Gasteiger partial charge >= 0.3 is 5.97 Å². The van der Waals surface area contributed by atoms with Gasteiger partial charge in [-0.3, -0.25) is 9.36 Å². The van der Waals surface area contributed by atoms with Crippen LogP contribution in [0.15, 0.2) is 10.9 Å². The fourth-order valence-corrected chi connectivity index (χ4v) is 3.12. The number of hydrogen-bond acceptors (Lipinski definition) is 5. The topological polar surface area (TPSA) is 97.1 Å². The van der Waals surface area contributed by atoms with E-state index in [1.54, 1.807) is 18.5 Å². The molecule has 7 heteroatoms. The summed E-state index contributed by atoms with van der Waals surface area (Å²) in [7, 11) is 1.71. The van der Waals surface area contributed by atoms with Crippen molar-refractivity contribution in [3.8, 4) is 0 Å². The van der Waals surface area contributed by atoms with Gasteiger partial charge in [-0.1, -0.05) is 12.8 Å². The number of pyridine rings is 1. The van der Waals surface area contributed by atoms with Crippen LogP contribution in [0.4, 0.5) is 5.95 Å². The SMILES string of the molecule is CNc1nc(C)c2cc(C(=O)O)c(=O)n(C3CCCC3)c2n1. The fraction of sp³-hybridized carbons (Fsp3) is 0.467. The smallest absolute Gasteiger partial charge is 0.341 e. The first-order valence-electron chi connectivity index (χ1n) is 7.38. The molecule has 1 fully saturated rings. The number of carbonyl (C=O) groups is 1. The molecule has 1 aliphatic carbocycles. The fourth-order valence-electron chi connectivity index (χ4n) is 3.12. The Morgan fingerprint density at radius 1 is 1.36 bits per heavy atom. The third kappa shape index (κ3) is 2.22. The highest BCUT2D eigenvalue weighted by Crippen LogP contribution is 2.31. The van der Waals surface area contributed by atoms with E-state index < -0.39 is 11.5 Å². The lowest BCUT2D eigenvalue weighted by atomic mass is 10.1. The van der Waals surface area contributed by atoms with Gasteiger partial charge in [0.1, 0.15) is 11.2 Å². The Morgan fingerprint density at radius 3 is 2.64 bits per heavy atom. The van der Waals surface area contributed by atoms with E-state index in [-0.39, 0.29) is 11.6 Å². The number of rotatable bonds is 3. The number of hydrogen-bond donors (Lipinski definition) is 2. The van der Waals surface area contributed by atoms with Gasteiger partial charge in [0.25, 0.3) is 5.56 Å². The van der Waals surface area contributed by atoms with Crippen LogP contribution in [0.1, 0.15) is 47.8 Å². The quantitative estimate of drug-likeness (QED) is 0.899. The van der Waals surface area contributed by atoms with Gasteiger partial charge in [0.15, 0.2) is 0 Å². The van der Waals surface area contributed by atoms with Crippen LogP contribution >= 0.6 is 0 Å². The van der Waals surface area contributed by atoms with E-state index >= 15 is 0 Å². The van der Waals surface area contributed by atoms with Gasteiger partial charge < -0.3 is 10.4 Å². The van der Waals surface area contributed by atoms with Crippen LogP contribution in [0.3, 0.4) is 0 Å². The summed E-state index contributed by atoms with van der Waals surface area (Å²) in [5.41, 5.74) is 0.470. The van der Waals surface area contributed by atoms with E-state index in [1.165, 1.54) is 6.07 Å². The number of carboxylic acid groups (broad SMARTS) is 1. The van der Waals surface area contributed by atoms with Gasteiger partial charge in [-0.15, -0.1) is 0 Å². The minimum Gasteiger partial charge on any atom is -0.477 e. The second kappa shape index (κ2) is 5.40. The summed E-state index contributed by atoms with van der Waals surface area (Å²) in [6, 6.07) is 1.40. The molecule has 0 aliphatic heterocycles. The number of fused-ring (bicyclic) bond motifs is 1. The van der Waals surface area contributed by atoms with Gasteiger partial charge in [-0.2, -0.15) is 4.98 Å². The third-order valence-electron chi connectivity index (χ3n) is 4.23. The molecule has 0 radical (unpaired) electrons. The van der Waals surface area contributed by atoms with Crippen molar-refractivity contribution < 1.29 is 9.90 Å². The Hall–Kier alpha value is -2.44. The lowest BCUT2D eigenvalue weighted by molar-refractivity contribution is 0.0694. The predicted octanol–water partition coefficient (Wildman–Crippen LogP) is 1.95. The van der Waals surface area contributed by atoms with Crippen molar-refractivity contribution in [2.75, 3.05) is 12.4 Å². The second-order valence-electron chi connectivity index (χ2n) is 5.60. The minimum absolute atomic E-state index is 0.00769. The van der Waals surface area contributed by atoms with E-state index in [0.717, 1.165) is 25.7 Å². The molecule has 22 heavy (non-hydrogen) atoms. The molecule has 0 atom stereocenters. The van der Waals surface area contributed by atoms with Crippen LogP contribution in [-0.4, -0.2) is 32.7 Å². The summed E-state index contributed by atoms with van der Waals surface area (Å²) in [6.07, 6.45) is 3.82. The average Bonchev–Trinajstić information content (AvgIpc) is 2.99. The number of nitrogens with zero attached hydrogens (tertiary/aromatic N) is 3. The summed E-state index contributed by atoms with van der Waals surface area (Å²) >= 11 is 0. The van der Waals surface area contributed by atoms with E-state index in [9.17, 15) is 14.7 Å². The maximum atomic E-state index is 12.6. The molecular weight excluding hydrogens is 284 g/mol. The first-order valence-corrected chi connectivity index (χ1v) is 7.38. The Morgan fingerprint density at radius 2 is 2.05 bits per heavy atom. The van der Waals surface area contributed by atoms with Crippen LogP contribution in [-0.2, 0) is 0 Å².